The molecular formula is C47H86O5. The van der Waals surface area contributed by atoms with Gasteiger partial charge in [-0.25, -0.2) is 0 Å². The molecule has 0 aromatic rings. The first-order valence-electron chi connectivity index (χ1n) is 22.5. The third-order valence-corrected chi connectivity index (χ3v) is 9.69. The van der Waals surface area contributed by atoms with Gasteiger partial charge < -0.3 is 14.2 Å². The zero-order valence-electron chi connectivity index (χ0n) is 34.8. The van der Waals surface area contributed by atoms with Crippen LogP contribution in [0, 0.1) is 0 Å². The number of hydrogen-bond acceptors (Lipinski definition) is 5. The Morgan fingerprint density at radius 1 is 0.442 bits per heavy atom. The summed E-state index contributed by atoms with van der Waals surface area (Å²) in [7, 11) is 0. The molecule has 0 aliphatic carbocycles. The van der Waals surface area contributed by atoms with Crippen molar-refractivity contribution in [1.82, 2.24) is 0 Å². The van der Waals surface area contributed by atoms with Crippen LogP contribution in [-0.2, 0) is 23.8 Å². The maximum atomic E-state index is 12.7. The van der Waals surface area contributed by atoms with Gasteiger partial charge in [0.05, 0.1) is 6.61 Å². The molecule has 0 bridgehead atoms. The molecule has 0 amide bonds. The van der Waals surface area contributed by atoms with Crippen molar-refractivity contribution in [2.45, 2.75) is 232 Å². The van der Waals surface area contributed by atoms with Crippen molar-refractivity contribution >= 4 is 11.9 Å². The fraction of sp³-hybridized carbons (Fsp3) is 0.830. The van der Waals surface area contributed by atoms with E-state index in [-0.39, 0.29) is 25.2 Å². The van der Waals surface area contributed by atoms with Crippen molar-refractivity contribution in [2.75, 3.05) is 19.8 Å². The molecule has 5 heteroatoms. The number of ether oxygens (including phenoxy) is 3. The number of carbonyl (C=O) groups excluding carboxylic acids is 2. The van der Waals surface area contributed by atoms with Crippen molar-refractivity contribution in [3.05, 3.63) is 36.5 Å². The third-order valence-electron chi connectivity index (χ3n) is 9.69. The van der Waals surface area contributed by atoms with Crippen LogP contribution in [0.25, 0.3) is 0 Å². The lowest BCUT2D eigenvalue weighted by Crippen LogP contribution is -2.30. The molecule has 1 unspecified atom stereocenters. The van der Waals surface area contributed by atoms with Gasteiger partial charge in [-0.2, -0.15) is 0 Å². The first-order chi connectivity index (χ1) is 25.6. The van der Waals surface area contributed by atoms with Crippen LogP contribution in [0.5, 0.6) is 0 Å². The molecule has 0 N–H and O–H groups in total. The SMILES string of the molecule is CC/C=C\C/C=C\C/C=C\CCCCCCOCC(COC(=O)CCCCCCCCCCCCC)OC(=O)CCCCCCCCCCCCC. The molecule has 0 fully saturated rings. The van der Waals surface area contributed by atoms with Crippen molar-refractivity contribution in [2.24, 2.45) is 0 Å². The molecule has 0 saturated carbocycles. The zero-order valence-corrected chi connectivity index (χ0v) is 34.8. The molecule has 0 aliphatic heterocycles. The number of unbranched alkanes of at least 4 members (excludes halogenated alkanes) is 24. The summed E-state index contributed by atoms with van der Waals surface area (Å²) in [5.41, 5.74) is 0. The van der Waals surface area contributed by atoms with Gasteiger partial charge in [-0.15, -0.1) is 0 Å². The Bertz CT molecular complexity index is 832. The second-order valence-corrected chi connectivity index (χ2v) is 14.9. The lowest BCUT2D eigenvalue weighted by atomic mass is 10.1. The monoisotopic (exact) mass is 731 g/mol. The molecule has 0 heterocycles. The summed E-state index contributed by atoms with van der Waals surface area (Å²) in [5.74, 6) is -0.403. The first kappa shape index (κ1) is 50.1. The summed E-state index contributed by atoms with van der Waals surface area (Å²) in [4.78, 5) is 25.2. The molecule has 0 radical (unpaired) electrons. The molecular weight excluding hydrogens is 645 g/mol. The lowest BCUT2D eigenvalue weighted by Gasteiger charge is -2.18. The van der Waals surface area contributed by atoms with E-state index >= 15 is 0 Å². The smallest absolute Gasteiger partial charge is 0.306 e. The Morgan fingerprint density at radius 2 is 0.865 bits per heavy atom. The quantitative estimate of drug-likeness (QED) is 0.0356. The summed E-state index contributed by atoms with van der Waals surface area (Å²) in [6.45, 7) is 7.67. The molecule has 5 nitrogen and oxygen atoms in total. The molecule has 304 valence electrons. The number of carbonyl (C=O) groups is 2. The van der Waals surface area contributed by atoms with Gasteiger partial charge in [-0.1, -0.05) is 198 Å². The van der Waals surface area contributed by atoms with Gasteiger partial charge in [0, 0.05) is 19.4 Å². The molecule has 0 spiro atoms. The highest BCUT2D eigenvalue weighted by atomic mass is 16.6. The van der Waals surface area contributed by atoms with Crippen molar-refractivity contribution in [1.29, 1.82) is 0 Å². The van der Waals surface area contributed by atoms with E-state index in [9.17, 15) is 9.59 Å². The largest absolute Gasteiger partial charge is 0.462 e. The van der Waals surface area contributed by atoms with Gasteiger partial charge in [0.25, 0.3) is 0 Å². The van der Waals surface area contributed by atoms with Gasteiger partial charge in [-0.05, 0) is 51.4 Å². The topological polar surface area (TPSA) is 61.8 Å². The van der Waals surface area contributed by atoms with E-state index in [0.717, 1.165) is 64.2 Å². The average Bonchev–Trinajstić information content (AvgIpc) is 3.14. The molecule has 0 aromatic carbocycles. The number of hydrogen-bond donors (Lipinski definition) is 0. The Hall–Kier alpha value is -1.88. The van der Waals surface area contributed by atoms with E-state index in [0.29, 0.717) is 19.4 Å². The predicted molar refractivity (Wildman–Crippen MR) is 224 cm³/mol. The van der Waals surface area contributed by atoms with Gasteiger partial charge in [0.2, 0.25) is 0 Å². The molecule has 0 aliphatic rings. The summed E-state index contributed by atoms with van der Waals surface area (Å²) >= 11 is 0. The average molecular weight is 731 g/mol. The summed E-state index contributed by atoms with van der Waals surface area (Å²) < 4.78 is 17.3. The van der Waals surface area contributed by atoms with Crippen LogP contribution in [0.2, 0.25) is 0 Å². The van der Waals surface area contributed by atoms with E-state index in [4.69, 9.17) is 14.2 Å². The zero-order chi connectivity index (χ0) is 37.8. The standard InChI is InChI=1S/C47H86O5/c1-4-7-10-13-16-19-22-23-24-27-30-33-36-39-42-50-43-45(52-47(49)41-38-35-32-29-26-21-18-15-12-9-6-3)44-51-46(48)40-37-34-31-28-25-20-17-14-11-8-5-2/h7,10,16,19,23-24,45H,4-6,8-9,11-15,17-18,20-22,25-44H2,1-3H3/b10-7-,19-16-,24-23-. The molecule has 0 rings (SSSR count). The Balaban J connectivity index is 4.27. The second-order valence-electron chi connectivity index (χ2n) is 14.9. The Morgan fingerprint density at radius 3 is 1.38 bits per heavy atom. The Kier molecular flexibility index (Phi) is 42.0. The van der Waals surface area contributed by atoms with Gasteiger partial charge in [-0.3, -0.25) is 9.59 Å². The van der Waals surface area contributed by atoms with Crippen LogP contribution >= 0.6 is 0 Å². The van der Waals surface area contributed by atoms with Crippen LogP contribution in [0.4, 0.5) is 0 Å². The predicted octanol–water partition coefficient (Wildman–Crippen LogP) is 14.7. The van der Waals surface area contributed by atoms with Crippen LogP contribution in [0.3, 0.4) is 0 Å². The van der Waals surface area contributed by atoms with Crippen LogP contribution < -0.4 is 0 Å². The van der Waals surface area contributed by atoms with Crippen molar-refractivity contribution < 1.29 is 23.8 Å². The minimum absolute atomic E-state index is 0.0812. The minimum Gasteiger partial charge on any atom is -0.462 e. The maximum Gasteiger partial charge on any atom is 0.306 e. The van der Waals surface area contributed by atoms with Gasteiger partial charge in [0.1, 0.15) is 6.61 Å². The molecule has 52 heavy (non-hydrogen) atoms. The molecule has 1 atom stereocenters. The summed E-state index contributed by atoms with van der Waals surface area (Å²) in [5, 5.41) is 0. The fourth-order valence-electron chi connectivity index (χ4n) is 6.35. The van der Waals surface area contributed by atoms with Gasteiger partial charge >= 0.3 is 11.9 Å². The maximum absolute atomic E-state index is 12.7. The highest BCUT2D eigenvalue weighted by molar-refractivity contribution is 5.70. The van der Waals surface area contributed by atoms with Crippen LogP contribution in [0.1, 0.15) is 226 Å². The molecule has 0 saturated heterocycles. The first-order valence-corrected chi connectivity index (χ1v) is 22.5. The van der Waals surface area contributed by atoms with E-state index in [1.54, 1.807) is 0 Å². The second kappa shape index (κ2) is 43.5. The lowest BCUT2D eigenvalue weighted by molar-refractivity contribution is -0.163. The molecule has 0 aromatic heterocycles. The normalized spacial score (nSPS) is 12.4. The van der Waals surface area contributed by atoms with E-state index in [1.807, 2.05) is 0 Å². The van der Waals surface area contributed by atoms with E-state index in [1.165, 1.54) is 128 Å². The van der Waals surface area contributed by atoms with Crippen LogP contribution in [0.15, 0.2) is 36.5 Å². The van der Waals surface area contributed by atoms with Crippen molar-refractivity contribution in [3.63, 3.8) is 0 Å². The highest BCUT2D eigenvalue weighted by Gasteiger charge is 2.17. The fourth-order valence-corrected chi connectivity index (χ4v) is 6.35. The highest BCUT2D eigenvalue weighted by Crippen LogP contribution is 2.14. The minimum atomic E-state index is -0.539. The number of rotatable bonds is 41. The summed E-state index contributed by atoms with van der Waals surface area (Å²) in [6, 6.07) is 0. The van der Waals surface area contributed by atoms with Crippen LogP contribution in [-0.4, -0.2) is 37.9 Å². The van der Waals surface area contributed by atoms with E-state index in [2.05, 4.69) is 57.2 Å². The summed E-state index contributed by atoms with van der Waals surface area (Å²) in [6.07, 6.45) is 49.9. The number of esters is 2. The Labute approximate surface area is 323 Å². The third kappa shape index (κ3) is 40.9. The van der Waals surface area contributed by atoms with E-state index < -0.39 is 6.10 Å². The van der Waals surface area contributed by atoms with Crippen molar-refractivity contribution in [3.8, 4) is 0 Å². The van der Waals surface area contributed by atoms with Gasteiger partial charge in [0.15, 0.2) is 6.10 Å². The number of allylic oxidation sites excluding steroid dienone is 6.